The molecule has 0 radical (unpaired) electrons. The molecule has 0 spiro atoms. The predicted octanol–water partition coefficient (Wildman–Crippen LogP) is 2.14. The molecule has 28 heavy (non-hydrogen) atoms. The first kappa shape index (κ1) is 19.6. The molecule has 1 N–H and O–H groups in total. The molecule has 9 nitrogen and oxygen atoms in total. The Morgan fingerprint density at radius 3 is 2.57 bits per heavy atom. The van der Waals surface area contributed by atoms with Crippen LogP contribution in [0.1, 0.15) is 28.8 Å². The van der Waals surface area contributed by atoms with Gasteiger partial charge in [-0.25, -0.2) is 13.8 Å². The Bertz CT molecular complexity index is 1030. The molecule has 0 aliphatic carbocycles. The van der Waals surface area contributed by atoms with Crippen molar-refractivity contribution in [2.75, 3.05) is 13.1 Å². The zero-order valence-corrected chi connectivity index (χ0v) is 15.6. The van der Waals surface area contributed by atoms with E-state index in [1.54, 1.807) is 6.07 Å². The van der Waals surface area contributed by atoms with Crippen molar-refractivity contribution in [1.82, 2.24) is 9.73 Å². The van der Waals surface area contributed by atoms with Crippen molar-refractivity contribution in [3.8, 4) is 0 Å². The zero-order valence-electron chi connectivity index (χ0n) is 14.8. The largest absolute Gasteiger partial charge is 0.278 e. The fourth-order valence-corrected chi connectivity index (χ4v) is 4.43. The highest BCUT2D eigenvalue weighted by Crippen LogP contribution is 2.21. The number of nitro benzene ring substituents is 1. The first-order valence-electron chi connectivity index (χ1n) is 8.56. The summed E-state index contributed by atoms with van der Waals surface area (Å²) in [4.78, 5) is 22.8. The van der Waals surface area contributed by atoms with Crippen LogP contribution in [0.15, 0.2) is 58.5 Å². The smallest absolute Gasteiger partial charge is 0.267 e. The van der Waals surface area contributed by atoms with E-state index in [2.05, 4.69) is 10.5 Å². The van der Waals surface area contributed by atoms with E-state index in [0.29, 0.717) is 13.1 Å². The Balaban J connectivity index is 1.74. The molecule has 2 aromatic carbocycles. The van der Waals surface area contributed by atoms with Gasteiger partial charge in [-0.05, 0) is 37.1 Å². The quantitative estimate of drug-likeness (QED) is 0.451. The minimum absolute atomic E-state index is 0.0460. The normalized spacial score (nSPS) is 15.0. The van der Waals surface area contributed by atoms with Crippen LogP contribution in [0.4, 0.5) is 5.69 Å². The molecule has 1 aliphatic heterocycles. The lowest BCUT2D eigenvalue weighted by Gasteiger charge is -2.15. The Hall–Kier alpha value is -3.11. The van der Waals surface area contributed by atoms with E-state index in [1.165, 1.54) is 53.0 Å². The van der Waals surface area contributed by atoms with Gasteiger partial charge in [0.2, 0.25) is 10.0 Å². The molecular formula is C18H18N4O5S. The van der Waals surface area contributed by atoms with E-state index in [0.717, 1.165) is 12.8 Å². The summed E-state index contributed by atoms with van der Waals surface area (Å²) in [7, 11) is -3.63. The fourth-order valence-electron chi connectivity index (χ4n) is 2.86. The lowest BCUT2D eigenvalue weighted by Crippen LogP contribution is -2.28. The molecule has 0 atom stereocenters. The number of para-hydroxylation sites is 1. The molecule has 1 amide bonds. The van der Waals surface area contributed by atoms with Gasteiger partial charge in [-0.15, -0.1) is 0 Å². The number of carbonyl (C=O) groups is 1. The van der Waals surface area contributed by atoms with E-state index < -0.39 is 20.9 Å². The second-order valence-corrected chi connectivity index (χ2v) is 8.09. The highest BCUT2D eigenvalue weighted by molar-refractivity contribution is 7.89. The number of nitrogens with zero attached hydrogens (tertiary/aromatic N) is 3. The third-order valence-corrected chi connectivity index (χ3v) is 6.20. The van der Waals surface area contributed by atoms with Gasteiger partial charge < -0.3 is 0 Å². The van der Waals surface area contributed by atoms with Gasteiger partial charge in [0.15, 0.2) is 0 Å². The Morgan fingerprint density at radius 2 is 1.86 bits per heavy atom. The van der Waals surface area contributed by atoms with Crippen LogP contribution >= 0.6 is 0 Å². The summed E-state index contributed by atoms with van der Waals surface area (Å²) in [5.74, 6) is -0.617. The molecule has 1 heterocycles. The third-order valence-electron chi connectivity index (χ3n) is 4.30. The van der Waals surface area contributed by atoms with Gasteiger partial charge >= 0.3 is 0 Å². The van der Waals surface area contributed by atoms with Gasteiger partial charge in [-0.2, -0.15) is 9.41 Å². The van der Waals surface area contributed by atoms with Crippen molar-refractivity contribution in [1.29, 1.82) is 0 Å². The summed E-state index contributed by atoms with van der Waals surface area (Å²) in [6.07, 6.45) is 2.81. The minimum Gasteiger partial charge on any atom is -0.267 e. The molecule has 10 heteroatoms. The second-order valence-electron chi connectivity index (χ2n) is 6.15. The number of rotatable bonds is 6. The molecule has 1 fully saturated rings. The molecular weight excluding hydrogens is 384 g/mol. The van der Waals surface area contributed by atoms with Crippen molar-refractivity contribution in [2.45, 2.75) is 17.7 Å². The maximum Gasteiger partial charge on any atom is 0.278 e. The first-order chi connectivity index (χ1) is 13.4. The van der Waals surface area contributed by atoms with Crippen LogP contribution in [0.5, 0.6) is 0 Å². The third kappa shape index (κ3) is 4.24. The van der Waals surface area contributed by atoms with Crippen molar-refractivity contribution < 1.29 is 18.1 Å². The summed E-state index contributed by atoms with van der Waals surface area (Å²) in [5.41, 5.74) is 2.48. The summed E-state index contributed by atoms with van der Waals surface area (Å²) < 4.78 is 26.6. The summed E-state index contributed by atoms with van der Waals surface area (Å²) in [5, 5.41) is 14.7. The number of carbonyl (C=O) groups excluding carboxylic acids is 1. The Labute approximate surface area is 161 Å². The zero-order chi connectivity index (χ0) is 20.1. The number of amides is 1. The van der Waals surface area contributed by atoms with Crippen molar-refractivity contribution >= 4 is 27.8 Å². The van der Waals surface area contributed by atoms with Gasteiger partial charge in [-0.1, -0.05) is 18.2 Å². The molecule has 0 bridgehead atoms. The van der Waals surface area contributed by atoms with Gasteiger partial charge in [0, 0.05) is 24.7 Å². The number of benzene rings is 2. The van der Waals surface area contributed by atoms with Crippen LogP contribution < -0.4 is 5.43 Å². The molecule has 0 saturated carbocycles. The maximum absolute atomic E-state index is 12.6. The summed E-state index contributed by atoms with van der Waals surface area (Å²) in [6.45, 7) is 0.942. The van der Waals surface area contributed by atoms with E-state index in [-0.39, 0.29) is 21.7 Å². The number of nitro groups is 1. The standard InChI is InChI=1S/C18H18N4O5S/c23-18(20-19-13-15-6-1-2-9-17(15)22(24)25)14-7-5-8-16(12-14)28(26,27)21-10-3-4-11-21/h1-2,5-9,12-13H,3-4,10-11H2,(H,20,23). The van der Waals surface area contributed by atoms with Gasteiger partial charge in [-0.3, -0.25) is 14.9 Å². The van der Waals surface area contributed by atoms with E-state index in [1.807, 2.05) is 0 Å². The highest BCUT2D eigenvalue weighted by Gasteiger charge is 2.27. The number of hydrazone groups is 1. The summed E-state index contributed by atoms with van der Waals surface area (Å²) >= 11 is 0. The van der Waals surface area contributed by atoms with Crippen LogP contribution in [0.25, 0.3) is 0 Å². The molecule has 0 aromatic heterocycles. The number of hydrogen-bond acceptors (Lipinski definition) is 6. The molecule has 1 aliphatic rings. The molecule has 146 valence electrons. The van der Waals surface area contributed by atoms with E-state index in [4.69, 9.17) is 0 Å². The monoisotopic (exact) mass is 402 g/mol. The van der Waals surface area contributed by atoms with Crippen LogP contribution in [0.3, 0.4) is 0 Å². The van der Waals surface area contributed by atoms with Crippen LogP contribution in [0.2, 0.25) is 0 Å². The van der Waals surface area contributed by atoms with Crippen molar-refractivity contribution in [3.63, 3.8) is 0 Å². The average molecular weight is 402 g/mol. The number of sulfonamides is 1. The lowest BCUT2D eigenvalue weighted by molar-refractivity contribution is -0.385. The average Bonchev–Trinajstić information content (AvgIpc) is 3.24. The van der Waals surface area contributed by atoms with Gasteiger partial charge in [0.25, 0.3) is 11.6 Å². The van der Waals surface area contributed by atoms with E-state index >= 15 is 0 Å². The van der Waals surface area contributed by atoms with Crippen LogP contribution in [-0.4, -0.2) is 42.9 Å². The lowest BCUT2D eigenvalue weighted by atomic mass is 10.2. The maximum atomic E-state index is 12.6. The predicted molar refractivity (Wildman–Crippen MR) is 103 cm³/mol. The Morgan fingerprint density at radius 1 is 1.14 bits per heavy atom. The van der Waals surface area contributed by atoms with E-state index in [9.17, 15) is 23.3 Å². The number of hydrogen-bond donors (Lipinski definition) is 1. The fraction of sp³-hybridized carbons (Fsp3) is 0.222. The minimum atomic E-state index is -3.63. The molecule has 0 unspecified atom stereocenters. The summed E-state index contributed by atoms with van der Waals surface area (Å²) in [6, 6.07) is 11.7. The Kier molecular flexibility index (Phi) is 5.81. The van der Waals surface area contributed by atoms with Gasteiger partial charge in [0.05, 0.1) is 21.6 Å². The molecule has 2 aromatic rings. The number of nitrogens with one attached hydrogen (secondary N) is 1. The molecule has 3 rings (SSSR count). The molecule has 1 saturated heterocycles. The highest BCUT2D eigenvalue weighted by atomic mass is 32.2. The van der Waals surface area contributed by atoms with Crippen LogP contribution in [-0.2, 0) is 10.0 Å². The SMILES string of the molecule is O=C(NN=Cc1ccccc1[N+](=O)[O-])c1cccc(S(=O)(=O)N2CCCC2)c1. The van der Waals surface area contributed by atoms with Crippen molar-refractivity contribution in [2.24, 2.45) is 5.10 Å². The second kappa shape index (κ2) is 8.28. The van der Waals surface area contributed by atoms with Gasteiger partial charge in [0.1, 0.15) is 0 Å². The first-order valence-corrected chi connectivity index (χ1v) is 10.0. The van der Waals surface area contributed by atoms with Crippen molar-refractivity contribution in [3.05, 3.63) is 69.8 Å². The topological polar surface area (TPSA) is 122 Å². The van der Waals surface area contributed by atoms with Crippen LogP contribution in [0, 0.1) is 10.1 Å².